The van der Waals surface area contributed by atoms with E-state index >= 15 is 0 Å². The van der Waals surface area contributed by atoms with Crippen LogP contribution in [0.4, 0.5) is 11.6 Å². The molecule has 0 radical (unpaired) electrons. The Morgan fingerprint density at radius 1 is 0.778 bits per heavy atom. The Morgan fingerprint density at radius 3 is 1.53 bits per heavy atom. The molecule has 4 rings (SSSR count). The zero-order valence-electron chi connectivity index (χ0n) is 20.7. The highest BCUT2D eigenvalue weighted by Gasteiger charge is 2.25. The molecule has 0 fully saturated rings. The Hall–Kier alpha value is -4.26. The number of anilines is 2. The number of nitrogen functional groups attached to an aromatic ring is 2. The second-order valence-corrected chi connectivity index (χ2v) is 8.09. The lowest BCUT2D eigenvalue weighted by Crippen LogP contribution is -2.21. The van der Waals surface area contributed by atoms with Gasteiger partial charge in [0.2, 0.25) is 11.4 Å². The average Bonchev–Trinajstić information content (AvgIpc) is 3.30. The third-order valence-electron chi connectivity index (χ3n) is 5.39. The molecular formula is C23H27N7O6. The normalized spacial score (nSPS) is 11.5. The van der Waals surface area contributed by atoms with E-state index in [2.05, 4.69) is 19.9 Å². The Bertz CT molecular complexity index is 1370. The van der Waals surface area contributed by atoms with E-state index in [1.807, 2.05) is 11.9 Å². The lowest BCUT2D eigenvalue weighted by molar-refractivity contribution is 0.0516. The fourth-order valence-corrected chi connectivity index (χ4v) is 3.95. The molecule has 0 spiro atoms. The molecule has 0 unspecified atom stereocenters. The first-order valence-corrected chi connectivity index (χ1v) is 11.3. The van der Waals surface area contributed by atoms with Crippen molar-refractivity contribution in [2.75, 3.05) is 31.7 Å². The summed E-state index contributed by atoms with van der Waals surface area (Å²) in [5.41, 5.74) is 13.1. The fraction of sp³-hybridized carbons (Fsp3) is 0.391. The van der Waals surface area contributed by atoms with E-state index in [0.29, 0.717) is 33.9 Å². The molecule has 190 valence electrons. The molecule has 0 aliphatic carbocycles. The van der Waals surface area contributed by atoms with Crippen LogP contribution in [0, 0.1) is 13.8 Å². The maximum atomic E-state index is 12.3. The molecule has 4 aromatic rings. The highest BCUT2D eigenvalue weighted by atomic mass is 16.5. The number of furan rings is 2. The first-order chi connectivity index (χ1) is 17.1. The lowest BCUT2D eigenvalue weighted by atomic mass is 10.2. The second kappa shape index (κ2) is 9.77. The van der Waals surface area contributed by atoms with Gasteiger partial charge in [-0.05, 0) is 34.7 Å². The van der Waals surface area contributed by atoms with E-state index in [9.17, 15) is 9.59 Å². The van der Waals surface area contributed by atoms with E-state index in [4.69, 9.17) is 29.8 Å². The Morgan fingerprint density at radius 2 is 1.17 bits per heavy atom. The van der Waals surface area contributed by atoms with Crippen LogP contribution in [0.2, 0.25) is 0 Å². The molecule has 0 atom stereocenters. The zero-order valence-corrected chi connectivity index (χ0v) is 20.7. The van der Waals surface area contributed by atoms with E-state index in [-0.39, 0.29) is 60.5 Å². The minimum Gasteiger partial charge on any atom is -0.462 e. The molecule has 4 N–H and O–H groups in total. The van der Waals surface area contributed by atoms with Gasteiger partial charge in [-0.25, -0.2) is 19.6 Å². The minimum atomic E-state index is -0.543. The molecule has 0 aliphatic rings. The van der Waals surface area contributed by atoms with Gasteiger partial charge < -0.3 is 29.8 Å². The standard InChI is InChI=1S/C23H27N7O6/c1-6-33-22(31)14-10(3)35-20-16(14)18(24)26-12(28-20)8-30(5)9-13-27-19(25)17-15(23(32)34-7-2)11(4)36-21(17)29-13/h6-9H2,1-5H3,(H2,24,26,28)(H2,25,27,29). The molecule has 0 aliphatic heterocycles. The van der Waals surface area contributed by atoms with Crippen molar-refractivity contribution >= 4 is 45.8 Å². The first-order valence-electron chi connectivity index (χ1n) is 11.3. The third-order valence-corrected chi connectivity index (χ3v) is 5.39. The number of fused-ring (bicyclic) bond motifs is 2. The number of hydrogen-bond donors (Lipinski definition) is 2. The van der Waals surface area contributed by atoms with E-state index in [0.717, 1.165) is 0 Å². The van der Waals surface area contributed by atoms with Crippen molar-refractivity contribution in [3.63, 3.8) is 0 Å². The van der Waals surface area contributed by atoms with Gasteiger partial charge in [0, 0.05) is 0 Å². The van der Waals surface area contributed by atoms with Gasteiger partial charge >= 0.3 is 11.9 Å². The number of nitrogens with two attached hydrogens (primary N) is 2. The maximum absolute atomic E-state index is 12.3. The molecule has 13 heteroatoms. The summed E-state index contributed by atoms with van der Waals surface area (Å²) in [7, 11) is 1.81. The van der Waals surface area contributed by atoms with Crippen molar-refractivity contribution in [2.24, 2.45) is 0 Å². The fourth-order valence-electron chi connectivity index (χ4n) is 3.95. The lowest BCUT2D eigenvalue weighted by Gasteiger charge is -2.15. The summed E-state index contributed by atoms with van der Waals surface area (Å²) < 4.78 is 21.5. The zero-order chi connectivity index (χ0) is 26.1. The van der Waals surface area contributed by atoms with Crippen LogP contribution in [0.5, 0.6) is 0 Å². The Balaban J connectivity index is 1.58. The molecule has 0 saturated carbocycles. The average molecular weight is 498 g/mol. The van der Waals surface area contributed by atoms with Gasteiger partial charge in [-0.1, -0.05) is 0 Å². The summed E-state index contributed by atoms with van der Waals surface area (Å²) in [6, 6.07) is 0. The van der Waals surface area contributed by atoms with Gasteiger partial charge in [0.25, 0.3) is 0 Å². The highest BCUT2D eigenvalue weighted by molar-refractivity contribution is 6.08. The molecule has 36 heavy (non-hydrogen) atoms. The van der Waals surface area contributed by atoms with E-state index < -0.39 is 11.9 Å². The first kappa shape index (κ1) is 24.9. The van der Waals surface area contributed by atoms with Crippen LogP contribution < -0.4 is 11.5 Å². The molecule has 0 amide bonds. The molecule has 4 heterocycles. The van der Waals surface area contributed by atoms with Gasteiger partial charge in [0.15, 0.2) is 0 Å². The van der Waals surface area contributed by atoms with Crippen LogP contribution in [0.15, 0.2) is 8.83 Å². The van der Waals surface area contributed by atoms with Crippen LogP contribution >= 0.6 is 0 Å². The number of esters is 2. The summed E-state index contributed by atoms with van der Waals surface area (Å²) in [5.74, 6) is 0.589. The van der Waals surface area contributed by atoms with Crippen molar-refractivity contribution in [3.8, 4) is 0 Å². The smallest absolute Gasteiger partial charge is 0.342 e. The van der Waals surface area contributed by atoms with E-state index in [1.165, 1.54) is 0 Å². The molecule has 4 aromatic heterocycles. The largest absolute Gasteiger partial charge is 0.462 e. The van der Waals surface area contributed by atoms with Crippen LogP contribution in [0.1, 0.15) is 57.7 Å². The summed E-state index contributed by atoms with van der Waals surface area (Å²) in [5, 5.41) is 0.647. The number of nitrogens with zero attached hydrogens (tertiary/aromatic N) is 5. The van der Waals surface area contributed by atoms with Crippen LogP contribution in [0.25, 0.3) is 22.2 Å². The predicted octanol–water partition coefficient (Wildman–Crippen LogP) is 2.53. The molecule has 0 aromatic carbocycles. The number of hydrogen-bond acceptors (Lipinski definition) is 13. The van der Waals surface area contributed by atoms with Crippen molar-refractivity contribution in [3.05, 3.63) is 34.3 Å². The summed E-state index contributed by atoms with van der Waals surface area (Å²) in [6.45, 7) is 7.67. The molecule has 0 bridgehead atoms. The summed E-state index contributed by atoms with van der Waals surface area (Å²) in [6.07, 6.45) is 0. The monoisotopic (exact) mass is 497 g/mol. The van der Waals surface area contributed by atoms with Gasteiger partial charge in [-0.2, -0.15) is 9.97 Å². The van der Waals surface area contributed by atoms with Crippen molar-refractivity contribution in [2.45, 2.75) is 40.8 Å². The number of rotatable bonds is 8. The van der Waals surface area contributed by atoms with Gasteiger partial charge in [0.05, 0.1) is 37.1 Å². The van der Waals surface area contributed by atoms with Crippen molar-refractivity contribution in [1.29, 1.82) is 0 Å². The number of carbonyl (C=O) groups is 2. The van der Waals surface area contributed by atoms with Crippen molar-refractivity contribution < 1.29 is 27.9 Å². The molecule has 13 nitrogen and oxygen atoms in total. The van der Waals surface area contributed by atoms with Crippen LogP contribution in [-0.4, -0.2) is 57.0 Å². The number of aryl methyl sites for hydroxylation is 2. The number of aromatic nitrogens is 4. The summed E-state index contributed by atoms with van der Waals surface area (Å²) in [4.78, 5) is 44.0. The van der Waals surface area contributed by atoms with E-state index in [1.54, 1.807) is 27.7 Å². The summed E-state index contributed by atoms with van der Waals surface area (Å²) >= 11 is 0. The topological polar surface area (TPSA) is 186 Å². The van der Waals surface area contributed by atoms with Crippen LogP contribution in [0.3, 0.4) is 0 Å². The van der Waals surface area contributed by atoms with Gasteiger partial charge in [-0.15, -0.1) is 0 Å². The maximum Gasteiger partial charge on any atom is 0.342 e. The van der Waals surface area contributed by atoms with Crippen LogP contribution in [-0.2, 0) is 22.6 Å². The Kier molecular flexibility index (Phi) is 6.75. The predicted molar refractivity (Wildman–Crippen MR) is 129 cm³/mol. The van der Waals surface area contributed by atoms with Crippen molar-refractivity contribution in [1.82, 2.24) is 24.8 Å². The Labute approximate surface area is 205 Å². The third kappa shape index (κ3) is 4.52. The number of carbonyl (C=O) groups excluding carboxylic acids is 2. The SMILES string of the molecule is CCOC(=O)c1c(C)oc2nc(CN(C)Cc3nc(N)c4c(C(=O)OCC)c(C)oc4n3)nc(N)c12. The highest BCUT2D eigenvalue weighted by Crippen LogP contribution is 2.30. The van der Waals surface area contributed by atoms with Gasteiger partial charge in [0.1, 0.15) is 45.9 Å². The number of ether oxygens (including phenoxy) is 2. The second-order valence-electron chi connectivity index (χ2n) is 8.09. The molecule has 0 saturated heterocycles. The quantitative estimate of drug-likeness (QED) is 0.338. The molecular weight excluding hydrogens is 470 g/mol. The van der Waals surface area contributed by atoms with Gasteiger partial charge in [-0.3, -0.25) is 4.90 Å². The minimum absolute atomic E-state index is 0.114.